The fourth-order valence-electron chi connectivity index (χ4n) is 1.15. The fraction of sp³-hybridized carbons (Fsp3) is 0.364. The first-order valence-corrected chi connectivity index (χ1v) is 6.92. The Hall–Kier alpha value is -1.63. The van der Waals surface area contributed by atoms with Gasteiger partial charge in [0.1, 0.15) is 5.82 Å². The molecule has 1 rings (SSSR count). The third-order valence-corrected chi connectivity index (χ3v) is 3.69. The Kier molecular flexibility index (Phi) is 4.66. The molecule has 2 amide bonds. The van der Waals surface area contributed by atoms with E-state index in [2.05, 4.69) is 5.32 Å². The van der Waals surface area contributed by atoms with Gasteiger partial charge in [-0.15, -0.1) is 0 Å². The fourth-order valence-corrected chi connectivity index (χ4v) is 2.07. The average Bonchev–Trinajstić information content (AvgIpc) is 2.28. The summed E-state index contributed by atoms with van der Waals surface area (Å²) >= 11 is 0. The van der Waals surface area contributed by atoms with Gasteiger partial charge in [0, 0.05) is 6.04 Å². The zero-order valence-corrected chi connectivity index (χ0v) is 10.9. The molecule has 1 aromatic carbocycles. The maximum absolute atomic E-state index is 12.7. The molecule has 2 N–H and O–H groups in total. The Morgan fingerprint density at radius 2 is 1.89 bits per heavy atom. The summed E-state index contributed by atoms with van der Waals surface area (Å²) in [7, 11) is -3.96. The van der Waals surface area contributed by atoms with Crippen LogP contribution in [0.4, 0.5) is 9.18 Å². The molecule has 1 aromatic rings. The van der Waals surface area contributed by atoms with Gasteiger partial charge in [0.25, 0.3) is 10.0 Å². The molecule has 0 saturated carbocycles. The Morgan fingerprint density at radius 1 is 1.33 bits per heavy atom. The molecule has 0 aliphatic heterocycles. The van der Waals surface area contributed by atoms with Gasteiger partial charge in [0.15, 0.2) is 0 Å². The molecule has 100 valence electrons. The minimum absolute atomic E-state index is 0.131. The standard InChI is InChI=1S/C11H15FN2O3S/c1-3-8(2)13-11(15)14-18(16,17)10-6-4-9(12)5-7-10/h4-8H,3H2,1-2H3,(H2,13,14,15)/t8-/m0/s1. The van der Waals surface area contributed by atoms with E-state index in [9.17, 15) is 17.6 Å². The van der Waals surface area contributed by atoms with Crippen molar-refractivity contribution in [2.75, 3.05) is 0 Å². The van der Waals surface area contributed by atoms with Crippen LogP contribution in [0, 0.1) is 5.82 Å². The highest BCUT2D eigenvalue weighted by molar-refractivity contribution is 7.90. The highest BCUT2D eigenvalue weighted by Gasteiger charge is 2.18. The van der Waals surface area contributed by atoms with Gasteiger partial charge >= 0.3 is 6.03 Å². The van der Waals surface area contributed by atoms with E-state index >= 15 is 0 Å². The molecule has 1 atom stereocenters. The number of nitrogens with one attached hydrogen (secondary N) is 2. The lowest BCUT2D eigenvalue weighted by molar-refractivity contribution is 0.242. The van der Waals surface area contributed by atoms with Crippen LogP contribution >= 0.6 is 0 Å². The minimum Gasteiger partial charge on any atom is -0.335 e. The Morgan fingerprint density at radius 3 is 2.39 bits per heavy atom. The minimum atomic E-state index is -3.96. The largest absolute Gasteiger partial charge is 0.335 e. The number of rotatable bonds is 4. The van der Waals surface area contributed by atoms with E-state index in [1.165, 1.54) is 0 Å². The maximum atomic E-state index is 12.7. The quantitative estimate of drug-likeness (QED) is 0.876. The summed E-state index contributed by atoms with van der Waals surface area (Å²) in [6.07, 6.45) is 0.685. The highest BCUT2D eigenvalue weighted by Crippen LogP contribution is 2.09. The molecular weight excluding hydrogens is 259 g/mol. The van der Waals surface area contributed by atoms with E-state index in [0.29, 0.717) is 6.42 Å². The van der Waals surface area contributed by atoms with Crippen molar-refractivity contribution in [3.8, 4) is 0 Å². The van der Waals surface area contributed by atoms with Crippen molar-refractivity contribution >= 4 is 16.1 Å². The molecule has 18 heavy (non-hydrogen) atoms. The van der Waals surface area contributed by atoms with Gasteiger partial charge in [0.05, 0.1) is 4.90 Å². The summed E-state index contributed by atoms with van der Waals surface area (Å²) in [6.45, 7) is 3.61. The van der Waals surface area contributed by atoms with Crippen molar-refractivity contribution in [3.63, 3.8) is 0 Å². The van der Waals surface area contributed by atoms with Gasteiger partial charge in [-0.1, -0.05) is 6.92 Å². The Balaban J connectivity index is 2.76. The molecule has 0 aliphatic rings. The lowest BCUT2D eigenvalue weighted by Crippen LogP contribution is -2.43. The van der Waals surface area contributed by atoms with Crippen molar-refractivity contribution < 1.29 is 17.6 Å². The number of carbonyl (C=O) groups is 1. The Labute approximate surface area is 105 Å². The van der Waals surface area contributed by atoms with E-state index in [4.69, 9.17) is 0 Å². The average molecular weight is 274 g/mol. The number of sulfonamides is 1. The van der Waals surface area contributed by atoms with Gasteiger partial charge < -0.3 is 5.32 Å². The van der Waals surface area contributed by atoms with Crippen LogP contribution in [0.15, 0.2) is 29.2 Å². The molecular formula is C11H15FN2O3S. The third-order valence-electron chi connectivity index (χ3n) is 2.34. The molecule has 0 saturated heterocycles. The molecule has 7 heteroatoms. The van der Waals surface area contributed by atoms with Gasteiger partial charge in [-0.2, -0.15) is 0 Å². The third kappa shape index (κ3) is 3.99. The second-order valence-corrected chi connectivity index (χ2v) is 5.52. The summed E-state index contributed by atoms with van der Waals surface area (Å²) < 4.78 is 38.0. The van der Waals surface area contributed by atoms with Crippen LogP contribution in [-0.2, 0) is 10.0 Å². The van der Waals surface area contributed by atoms with Gasteiger partial charge in [-0.05, 0) is 37.6 Å². The van der Waals surface area contributed by atoms with Crippen LogP contribution in [0.3, 0.4) is 0 Å². The van der Waals surface area contributed by atoms with E-state index in [1.54, 1.807) is 6.92 Å². The summed E-state index contributed by atoms with van der Waals surface area (Å²) in [4.78, 5) is 11.2. The second-order valence-electron chi connectivity index (χ2n) is 3.84. The molecule has 0 bridgehead atoms. The molecule has 0 radical (unpaired) electrons. The lowest BCUT2D eigenvalue weighted by atomic mass is 10.3. The molecule has 0 fully saturated rings. The predicted octanol–water partition coefficient (Wildman–Crippen LogP) is 1.61. The molecule has 5 nitrogen and oxygen atoms in total. The first-order valence-electron chi connectivity index (χ1n) is 5.44. The maximum Gasteiger partial charge on any atom is 0.328 e. The second kappa shape index (κ2) is 5.81. The van der Waals surface area contributed by atoms with E-state index < -0.39 is 21.9 Å². The van der Waals surface area contributed by atoms with Crippen molar-refractivity contribution in [2.24, 2.45) is 0 Å². The monoisotopic (exact) mass is 274 g/mol. The van der Waals surface area contributed by atoms with Gasteiger partial charge in [0.2, 0.25) is 0 Å². The SMILES string of the molecule is CC[C@H](C)NC(=O)NS(=O)(=O)c1ccc(F)cc1. The van der Waals surface area contributed by atoms with Crippen LogP contribution in [0.5, 0.6) is 0 Å². The molecule has 0 aromatic heterocycles. The summed E-state index contributed by atoms with van der Waals surface area (Å²) in [5, 5.41) is 2.46. The van der Waals surface area contributed by atoms with Gasteiger partial charge in [-0.3, -0.25) is 0 Å². The summed E-state index contributed by atoms with van der Waals surface area (Å²) in [6, 6.07) is 3.28. The van der Waals surface area contributed by atoms with Crippen LogP contribution in [0.1, 0.15) is 20.3 Å². The van der Waals surface area contributed by atoms with Crippen molar-refractivity contribution in [2.45, 2.75) is 31.2 Å². The smallest absolute Gasteiger partial charge is 0.328 e. The van der Waals surface area contributed by atoms with Crippen LogP contribution in [0.2, 0.25) is 0 Å². The number of carbonyl (C=O) groups excluding carboxylic acids is 1. The first kappa shape index (κ1) is 14.4. The normalized spacial score (nSPS) is 12.8. The topological polar surface area (TPSA) is 75.3 Å². The zero-order chi connectivity index (χ0) is 13.8. The Bertz CT molecular complexity index is 514. The van der Waals surface area contributed by atoms with Gasteiger partial charge in [-0.25, -0.2) is 22.3 Å². The highest BCUT2D eigenvalue weighted by atomic mass is 32.2. The van der Waals surface area contributed by atoms with Crippen molar-refractivity contribution in [3.05, 3.63) is 30.1 Å². The van der Waals surface area contributed by atoms with Crippen LogP contribution in [0.25, 0.3) is 0 Å². The number of amides is 2. The summed E-state index contributed by atoms with van der Waals surface area (Å²) in [5.41, 5.74) is 0. The molecule has 0 aliphatic carbocycles. The number of hydrogen-bond acceptors (Lipinski definition) is 3. The van der Waals surface area contributed by atoms with Crippen molar-refractivity contribution in [1.29, 1.82) is 0 Å². The molecule has 0 spiro atoms. The van der Waals surface area contributed by atoms with Crippen LogP contribution in [-0.4, -0.2) is 20.5 Å². The van der Waals surface area contributed by atoms with E-state index in [0.717, 1.165) is 24.3 Å². The molecule has 0 heterocycles. The lowest BCUT2D eigenvalue weighted by Gasteiger charge is -2.12. The first-order chi connectivity index (χ1) is 8.35. The number of hydrogen-bond donors (Lipinski definition) is 2. The van der Waals surface area contributed by atoms with E-state index in [-0.39, 0.29) is 10.9 Å². The van der Waals surface area contributed by atoms with Crippen LogP contribution < -0.4 is 10.0 Å². The van der Waals surface area contributed by atoms with Crippen molar-refractivity contribution in [1.82, 2.24) is 10.0 Å². The summed E-state index contributed by atoms with van der Waals surface area (Å²) in [5.74, 6) is -0.544. The zero-order valence-electron chi connectivity index (χ0n) is 10.1. The molecule has 0 unspecified atom stereocenters. The van der Waals surface area contributed by atoms with E-state index in [1.807, 2.05) is 11.6 Å². The number of urea groups is 1. The number of halogens is 1. The number of benzene rings is 1. The predicted molar refractivity (Wildman–Crippen MR) is 65.0 cm³/mol.